The van der Waals surface area contributed by atoms with Crippen molar-refractivity contribution in [2.24, 2.45) is 0 Å². The molecule has 1 aliphatic rings. The van der Waals surface area contributed by atoms with Gasteiger partial charge in [-0.3, -0.25) is 9.59 Å². The van der Waals surface area contributed by atoms with Crippen molar-refractivity contribution in [3.8, 4) is 11.5 Å². The van der Waals surface area contributed by atoms with Crippen LogP contribution in [0.15, 0.2) is 78.5 Å². The summed E-state index contributed by atoms with van der Waals surface area (Å²) in [5, 5.41) is 3.08. The molecule has 1 heterocycles. The molecule has 34 heavy (non-hydrogen) atoms. The number of benzene rings is 3. The van der Waals surface area contributed by atoms with Gasteiger partial charge in [0.05, 0.1) is 29.7 Å². The maximum absolute atomic E-state index is 14.6. The number of rotatable bonds is 8. The van der Waals surface area contributed by atoms with Gasteiger partial charge in [-0.1, -0.05) is 36.4 Å². The van der Waals surface area contributed by atoms with Crippen molar-refractivity contribution in [3.05, 3.63) is 89.9 Å². The van der Waals surface area contributed by atoms with Crippen molar-refractivity contribution in [2.45, 2.75) is 26.9 Å². The standard InChI is InChI=1S/C27H25FN2O4/c1-4-33-23-12-8-6-10-21(23)29-25-24(18-13-15-19(16-14-18)34-17(2)3)26(31)30(27(25)32)22-11-7-5-9-20(22)28/h5-17,29H,4H2,1-3H3. The quantitative estimate of drug-likeness (QED) is 0.456. The zero-order chi connectivity index (χ0) is 24.2. The van der Waals surface area contributed by atoms with Crippen molar-refractivity contribution < 1.29 is 23.5 Å². The summed E-state index contributed by atoms with van der Waals surface area (Å²) in [6, 6.07) is 19.7. The van der Waals surface area contributed by atoms with Crippen molar-refractivity contribution in [1.29, 1.82) is 0 Å². The second-order valence-electron chi connectivity index (χ2n) is 7.89. The Bertz CT molecular complexity index is 1250. The zero-order valence-corrected chi connectivity index (χ0v) is 19.2. The predicted molar refractivity (Wildman–Crippen MR) is 129 cm³/mol. The SMILES string of the molecule is CCOc1ccccc1NC1=C(c2ccc(OC(C)C)cc2)C(=O)N(c2ccccc2F)C1=O. The lowest BCUT2D eigenvalue weighted by atomic mass is 10.0. The molecule has 0 bridgehead atoms. The van der Waals surface area contributed by atoms with Gasteiger partial charge in [0, 0.05) is 0 Å². The number of nitrogens with zero attached hydrogens (tertiary/aromatic N) is 1. The Morgan fingerprint density at radius 1 is 0.912 bits per heavy atom. The highest BCUT2D eigenvalue weighted by molar-refractivity contribution is 6.46. The fraction of sp³-hybridized carbons (Fsp3) is 0.185. The van der Waals surface area contributed by atoms with Gasteiger partial charge in [-0.05, 0) is 62.7 Å². The molecule has 6 nitrogen and oxygen atoms in total. The molecule has 7 heteroatoms. The Labute approximate surface area is 197 Å². The van der Waals surface area contributed by atoms with E-state index in [4.69, 9.17) is 9.47 Å². The van der Waals surface area contributed by atoms with Crippen LogP contribution in [0.2, 0.25) is 0 Å². The number of carbonyl (C=O) groups excluding carboxylic acids is 2. The van der Waals surface area contributed by atoms with E-state index in [-0.39, 0.29) is 23.1 Å². The average Bonchev–Trinajstić information content (AvgIpc) is 3.05. The Morgan fingerprint density at radius 2 is 1.59 bits per heavy atom. The Morgan fingerprint density at radius 3 is 2.26 bits per heavy atom. The van der Waals surface area contributed by atoms with Gasteiger partial charge in [0.2, 0.25) is 0 Å². The number of para-hydroxylation sites is 3. The van der Waals surface area contributed by atoms with Gasteiger partial charge in [0.25, 0.3) is 11.8 Å². The summed E-state index contributed by atoms with van der Waals surface area (Å²) in [4.78, 5) is 27.9. The number of imide groups is 1. The first-order valence-electron chi connectivity index (χ1n) is 11.0. The summed E-state index contributed by atoms with van der Waals surface area (Å²) in [7, 11) is 0. The topological polar surface area (TPSA) is 67.9 Å². The van der Waals surface area contributed by atoms with Crippen LogP contribution >= 0.6 is 0 Å². The van der Waals surface area contributed by atoms with Gasteiger partial charge in [-0.15, -0.1) is 0 Å². The first-order valence-corrected chi connectivity index (χ1v) is 11.0. The molecule has 2 amide bonds. The molecule has 0 unspecified atom stereocenters. The normalized spacial score (nSPS) is 13.6. The minimum Gasteiger partial charge on any atom is -0.492 e. The minimum absolute atomic E-state index is 0.0106. The first kappa shape index (κ1) is 23.0. The Balaban J connectivity index is 1.81. The number of halogens is 1. The molecule has 1 N–H and O–H groups in total. The van der Waals surface area contributed by atoms with Gasteiger partial charge in [0.15, 0.2) is 0 Å². The Kier molecular flexibility index (Phi) is 6.63. The minimum atomic E-state index is -0.666. The van der Waals surface area contributed by atoms with E-state index < -0.39 is 17.6 Å². The maximum atomic E-state index is 14.6. The van der Waals surface area contributed by atoms with E-state index in [2.05, 4.69) is 5.32 Å². The van der Waals surface area contributed by atoms with Crippen LogP contribution in [0.25, 0.3) is 5.57 Å². The number of amides is 2. The van der Waals surface area contributed by atoms with E-state index in [9.17, 15) is 14.0 Å². The smallest absolute Gasteiger partial charge is 0.282 e. The summed E-state index contributed by atoms with van der Waals surface area (Å²) >= 11 is 0. The van der Waals surface area contributed by atoms with Gasteiger partial charge in [0.1, 0.15) is 23.0 Å². The van der Waals surface area contributed by atoms with Gasteiger partial charge in [-0.25, -0.2) is 9.29 Å². The monoisotopic (exact) mass is 460 g/mol. The third-order valence-corrected chi connectivity index (χ3v) is 5.14. The molecule has 0 aromatic heterocycles. The molecule has 3 aromatic carbocycles. The first-order chi connectivity index (χ1) is 16.4. The zero-order valence-electron chi connectivity index (χ0n) is 19.2. The van der Waals surface area contributed by atoms with Gasteiger partial charge < -0.3 is 14.8 Å². The highest BCUT2D eigenvalue weighted by Gasteiger charge is 2.41. The number of nitrogens with one attached hydrogen (secondary N) is 1. The van der Waals surface area contributed by atoms with E-state index in [1.54, 1.807) is 48.5 Å². The fourth-order valence-corrected chi connectivity index (χ4v) is 3.72. The van der Waals surface area contributed by atoms with Gasteiger partial charge in [-0.2, -0.15) is 0 Å². The number of hydrogen-bond donors (Lipinski definition) is 1. The van der Waals surface area contributed by atoms with E-state index in [0.717, 1.165) is 4.90 Å². The van der Waals surface area contributed by atoms with Crippen molar-refractivity contribution in [2.75, 3.05) is 16.8 Å². The molecule has 0 saturated carbocycles. The van der Waals surface area contributed by atoms with E-state index in [0.29, 0.717) is 29.4 Å². The van der Waals surface area contributed by atoms with E-state index in [1.807, 2.05) is 26.8 Å². The van der Waals surface area contributed by atoms with Gasteiger partial charge >= 0.3 is 0 Å². The molecule has 0 fully saturated rings. The number of carbonyl (C=O) groups is 2. The highest BCUT2D eigenvalue weighted by Crippen LogP contribution is 2.36. The van der Waals surface area contributed by atoms with Crippen LogP contribution in [-0.4, -0.2) is 24.5 Å². The average molecular weight is 461 g/mol. The lowest BCUT2D eigenvalue weighted by molar-refractivity contribution is -0.120. The molecule has 3 aromatic rings. The summed E-state index contributed by atoms with van der Waals surface area (Å²) in [5.41, 5.74) is 1.09. The molecule has 4 rings (SSSR count). The summed E-state index contributed by atoms with van der Waals surface area (Å²) in [6.45, 7) is 6.11. The van der Waals surface area contributed by atoms with Crippen LogP contribution < -0.4 is 19.7 Å². The van der Waals surface area contributed by atoms with Crippen LogP contribution in [0.1, 0.15) is 26.3 Å². The molecule has 0 spiro atoms. The van der Waals surface area contributed by atoms with Crippen LogP contribution in [0.5, 0.6) is 11.5 Å². The van der Waals surface area contributed by atoms with Crippen molar-refractivity contribution in [1.82, 2.24) is 0 Å². The van der Waals surface area contributed by atoms with Crippen LogP contribution in [0.3, 0.4) is 0 Å². The van der Waals surface area contributed by atoms with Crippen LogP contribution in [-0.2, 0) is 9.59 Å². The van der Waals surface area contributed by atoms with E-state index >= 15 is 0 Å². The molecule has 0 radical (unpaired) electrons. The fourth-order valence-electron chi connectivity index (χ4n) is 3.72. The summed E-state index contributed by atoms with van der Waals surface area (Å²) < 4.78 is 25.9. The molecular formula is C27H25FN2O4. The molecule has 1 aliphatic heterocycles. The second kappa shape index (κ2) is 9.79. The number of anilines is 2. The van der Waals surface area contributed by atoms with Crippen LogP contribution in [0, 0.1) is 5.82 Å². The summed E-state index contributed by atoms with van der Waals surface area (Å²) in [5.74, 6) is -0.775. The van der Waals surface area contributed by atoms with Crippen molar-refractivity contribution >= 4 is 28.8 Å². The van der Waals surface area contributed by atoms with Crippen LogP contribution in [0.4, 0.5) is 15.8 Å². The molecule has 0 aliphatic carbocycles. The number of ether oxygens (including phenoxy) is 2. The van der Waals surface area contributed by atoms with E-state index in [1.165, 1.54) is 18.2 Å². The highest BCUT2D eigenvalue weighted by atomic mass is 19.1. The lowest BCUT2D eigenvalue weighted by Gasteiger charge is -2.16. The largest absolute Gasteiger partial charge is 0.492 e. The predicted octanol–water partition coefficient (Wildman–Crippen LogP) is 5.41. The summed E-state index contributed by atoms with van der Waals surface area (Å²) in [6.07, 6.45) is -0.0106. The molecule has 174 valence electrons. The molecule has 0 saturated heterocycles. The third kappa shape index (κ3) is 4.50. The second-order valence-corrected chi connectivity index (χ2v) is 7.89. The van der Waals surface area contributed by atoms with Crippen molar-refractivity contribution in [3.63, 3.8) is 0 Å². The molecule has 0 atom stereocenters. The maximum Gasteiger partial charge on any atom is 0.282 e. The Hall–Kier alpha value is -4.13. The number of hydrogen-bond acceptors (Lipinski definition) is 5. The molecular weight excluding hydrogens is 435 g/mol. The third-order valence-electron chi connectivity index (χ3n) is 5.14. The lowest BCUT2D eigenvalue weighted by Crippen LogP contribution is -2.33.